The van der Waals surface area contributed by atoms with Crippen molar-refractivity contribution in [1.29, 1.82) is 0 Å². The molecule has 2 nitrogen and oxygen atoms in total. The highest BCUT2D eigenvalue weighted by molar-refractivity contribution is 5.15. The Morgan fingerprint density at radius 1 is 1.16 bits per heavy atom. The van der Waals surface area contributed by atoms with Gasteiger partial charge in [-0.25, -0.2) is 4.39 Å². The van der Waals surface area contributed by atoms with E-state index in [-0.39, 0.29) is 5.82 Å². The summed E-state index contributed by atoms with van der Waals surface area (Å²) in [7, 11) is 2.13. The molecule has 0 atom stereocenters. The predicted octanol–water partition coefficient (Wildman–Crippen LogP) is 3.18. The van der Waals surface area contributed by atoms with Crippen molar-refractivity contribution < 1.29 is 4.39 Å². The summed E-state index contributed by atoms with van der Waals surface area (Å²) in [4.78, 5) is 2.31. The zero-order chi connectivity index (χ0) is 13.5. The lowest BCUT2D eigenvalue weighted by Gasteiger charge is -2.16. The van der Waals surface area contributed by atoms with Gasteiger partial charge in [0.25, 0.3) is 0 Å². The van der Waals surface area contributed by atoms with E-state index in [4.69, 9.17) is 0 Å². The van der Waals surface area contributed by atoms with Crippen molar-refractivity contribution in [2.24, 2.45) is 0 Å². The Morgan fingerprint density at radius 2 is 1.89 bits per heavy atom. The lowest BCUT2D eigenvalue weighted by atomic mass is 10.2. The van der Waals surface area contributed by atoms with Crippen molar-refractivity contribution >= 4 is 0 Å². The first-order chi connectivity index (χ1) is 9.24. The molecule has 0 unspecified atom stereocenters. The molecule has 0 saturated heterocycles. The van der Waals surface area contributed by atoms with Crippen LogP contribution in [0.2, 0.25) is 0 Å². The second-order valence-electron chi connectivity index (χ2n) is 5.65. The van der Waals surface area contributed by atoms with Gasteiger partial charge in [-0.1, -0.05) is 18.6 Å². The highest BCUT2D eigenvalue weighted by Gasteiger charge is 2.19. The van der Waals surface area contributed by atoms with Crippen molar-refractivity contribution in [1.82, 2.24) is 10.2 Å². The Morgan fingerprint density at radius 3 is 2.58 bits per heavy atom. The van der Waals surface area contributed by atoms with Gasteiger partial charge in [-0.3, -0.25) is 0 Å². The van der Waals surface area contributed by atoms with Crippen molar-refractivity contribution in [2.75, 3.05) is 20.1 Å². The van der Waals surface area contributed by atoms with Gasteiger partial charge >= 0.3 is 0 Å². The number of nitrogens with one attached hydrogen (secondary N) is 1. The van der Waals surface area contributed by atoms with Crippen LogP contribution >= 0.6 is 0 Å². The smallest absolute Gasteiger partial charge is 0.123 e. The van der Waals surface area contributed by atoms with Crippen LogP contribution in [0.25, 0.3) is 0 Å². The molecule has 0 spiro atoms. The van der Waals surface area contributed by atoms with Gasteiger partial charge in [0.2, 0.25) is 0 Å². The molecule has 3 heteroatoms. The van der Waals surface area contributed by atoms with Gasteiger partial charge < -0.3 is 10.2 Å². The molecule has 0 aromatic heterocycles. The maximum atomic E-state index is 12.8. The molecule has 19 heavy (non-hydrogen) atoms. The Kier molecular flexibility index (Phi) is 5.80. The zero-order valence-corrected chi connectivity index (χ0v) is 11.9. The van der Waals surface area contributed by atoms with E-state index < -0.39 is 0 Å². The standard InChI is InChI=1S/C16H25FN2/c1-19(13-14-5-7-15(17)8-6-14)12-4-2-3-11-18-16-9-10-16/h5-8,16,18H,2-4,9-13H2,1H3. The van der Waals surface area contributed by atoms with Crippen molar-refractivity contribution in [2.45, 2.75) is 44.7 Å². The summed E-state index contributed by atoms with van der Waals surface area (Å²) in [6.45, 7) is 3.19. The van der Waals surface area contributed by atoms with Crippen molar-refractivity contribution in [3.63, 3.8) is 0 Å². The molecular formula is C16H25FN2. The molecule has 0 bridgehead atoms. The van der Waals surface area contributed by atoms with Crippen LogP contribution in [-0.2, 0) is 6.54 Å². The minimum atomic E-state index is -0.158. The highest BCUT2D eigenvalue weighted by Crippen LogP contribution is 2.18. The summed E-state index contributed by atoms with van der Waals surface area (Å²) in [6, 6.07) is 7.64. The number of hydrogen-bond acceptors (Lipinski definition) is 2. The van der Waals surface area contributed by atoms with Crippen LogP contribution in [0, 0.1) is 5.82 Å². The van der Waals surface area contributed by atoms with Crippen LogP contribution in [0.4, 0.5) is 4.39 Å². The predicted molar refractivity (Wildman–Crippen MR) is 77.6 cm³/mol. The summed E-state index contributed by atoms with van der Waals surface area (Å²) in [5, 5.41) is 3.54. The second kappa shape index (κ2) is 7.61. The number of benzene rings is 1. The van der Waals surface area contributed by atoms with E-state index in [2.05, 4.69) is 17.3 Å². The minimum absolute atomic E-state index is 0.158. The monoisotopic (exact) mass is 264 g/mol. The third-order valence-electron chi connectivity index (χ3n) is 3.59. The maximum absolute atomic E-state index is 12.8. The molecular weight excluding hydrogens is 239 g/mol. The van der Waals surface area contributed by atoms with Gasteiger partial charge in [-0.2, -0.15) is 0 Å². The molecule has 0 radical (unpaired) electrons. The average molecular weight is 264 g/mol. The van der Waals surface area contributed by atoms with E-state index >= 15 is 0 Å². The molecule has 106 valence electrons. The molecule has 1 aromatic rings. The second-order valence-corrected chi connectivity index (χ2v) is 5.65. The number of rotatable bonds is 9. The maximum Gasteiger partial charge on any atom is 0.123 e. The van der Waals surface area contributed by atoms with E-state index in [9.17, 15) is 4.39 Å². The molecule has 1 aromatic carbocycles. The van der Waals surface area contributed by atoms with Crippen molar-refractivity contribution in [3.05, 3.63) is 35.6 Å². The van der Waals surface area contributed by atoms with Crippen LogP contribution < -0.4 is 5.32 Å². The Hall–Kier alpha value is -0.930. The van der Waals surface area contributed by atoms with Crippen LogP contribution in [0.3, 0.4) is 0 Å². The first-order valence-corrected chi connectivity index (χ1v) is 7.40. The van der Waals surface area contributed by atoms with Gasteiger partial charge in [-0.15, -0.1) is 0 Å². The first-order valence-electron chi connectivity index (χ1n) is 7.40. The number of hydrogen-bond donors (Lipinski definition) is 1. The summed E-state index contributed by atoms with van der Waals surface area (Å²) >= 11 is 0. The fraction of sp³-hybridized carbons (Fsp3) is 0.625. The molecule has 1 N–H and O–H groups in total. The fourth-order valence-corrected chi connectivity index (χ4v) is 2.26. The van der Waals surface area contributed by atoms with Crippen LogP contribution in [0.15, 0.2) is 24.3 Å². The molecule has 2 rings (SSSR count). The topological polar surface area (TPSA) is 15.3 Å². The van der Waals surface area contributed by atoms with E-state index in [0.717, 1.165) is 19.1 Å². The number of halogens is 1. The molecule has 1 aliphatic carbocycles. The van der Waals surface area contributed by atoms with E-state index in [1.165, 1.54) is 56.3 Å². The lowest BCUT2D eigenvalue weighted by molar-refractivity contribution is 0.317. The average Bonchev–Trinajstić information content (AvgIpc) is 3.20. The number of unbranched alkanes of at least 4 members (excludes halogenated alkanes) is 2. The third kappa shape index (κ3) is 6.17. The molecule has 1 aliphatic rings. The highest BCUT2D eigenvalue weighted by atomic mass is 19.1. The summed E-state index contributed by atoms with van der Waals surface area (Å²) < 4.78 is 12.8. The zero-order valence-electron chi connectivity index (χ0n) is 11.9. The summed E-state index contributed by atoms with van der Waals surface area (Å²) in [5.41, 5.74) is 1.18. The lowest BCUT2D eigenvalue weighted by Crippen LogP contribution is -2.20. The molecule has 1 fully saturated rings. The third-order valence-corrected chi connectivity index (χ3v) is 3.59. The Balaban J connectivity index is 1.51. The molecule has 0 aliphatic heterocycles. The van der Waals surface area contributed by atoms with Gasteiger partial charge in [0.05, 0.1) is 0 Å². The molecule has 0 heterocycles. The quantitative estimate of drug-likeness (QED) is 0.689. The summed E-state index contributed by atoms with van der Waals surface area (Å²) in [5.74, 6) is -0.158. The number of nitrogens with zero attached hydrogens (tertiary/aromatic N) is 1. The van der Waals surface area contributed by atoms with Gasteiger partial charge in [-0.05, 0) is 63.5 Å². The minimum Gasteiger partial charge on any atom is -0.314 e. The van der Waals surface area contributed by atoms with Crippen LogP contribution in [0.1, 0.15) is 37.7 Å². The van der Waals surface area contributed by atoms with E-state index in [0.29, 0.717) is 0 Å². The first kappa shape index (κ1) is 14.5. The van der Waals surface area contributed by atoms with Crippen LogP contribution in [0.5, 0.6) is 0 Å². The molecule has 0 amide bonds. The Bertz CT molecular complexity index is 360. The fourth-order valence-electron chi connectivity index (χ4n) is 2.26. The normalized spacial score (nSPS) is 15.1. The van der Waals surface area contributed by atoms with Gasteiger partial charge in [0.15, 0.2) is 0 Å². The van der Waals surface area contributed by atoms with Gasteiger partial charge in [0, 0.05) is 12.6 Å². The van der Waals surface area contributed by atoms with Crippen molar-refractivity contribution in [3.8, 4) is 0 Å². The van der Waals surface area contributed by atoms with Gasteiger partial charge in [0.1, 0.15) is 5.82 Å². The Labute approximate surface area is 116 Å². The van der Waals surface area contributed by atoms with Crippen LogP contribution in [-0.4, -0.2) is 31.1 Å². The van der Waals surface area contributed by atoms with E-state index in [1.54, 1.807) is 0 Å². The molecule has 1 saturated carbocycles. The van der Waals surface area contributed by atoms with E-state index in [1.807, 2.05) is 12.1 Å². The summed E-state index contributed by atoms with van der Waals surface area (Å²) in [6.07, 6.45) is 6.55. The largest absolute Gasteiger partial charge is 0.314 e. The SMILES string of the molecule is CN(CCCCCNC1CC1)Cc1ccc(F)cc1.